The fourth-order valence-corrected chi connectivity index (χ4v) is 1.55. The van der Waals surface area contributed by atoms with Gasteiger partial charge in [-0.05, 0) is 33.3 Å². The second-order valence-electron chi connectivity index (χ2n) is 5.36. The number of esters is 1. The molecule has 0 aromatic heterocycles. The molecule has 5 heteroatoms. The zero-order chi connectivity index (χ0) is 16.5. The number of hydrogen-bond acceptors (Lipinski definition) is 5. The van der Waals surface area contributed by atoms with Gasteiger partial charge in [0.15, 0.2) is 0 Å². The zero-order valence-electron chi connectivity index (χ0n) is 14.1. The maximum absolute atomic E-state index is 11.8. The fraction of sp³-hybridized carbons (Fsp3) is 0.625. The molecule has 0 fully saturated rings. The topological polar surface area (TPSA) is 57.1 Å². The van der Waals surface area contributed by atoms with Crippen LogP contribution >= 0.6 is 0 Å². The van der Waals surface area contributed by atoms with Crippen molar-refractivity contribution in [1.29, 1.82) is 0 Å². The summed E-state index contributed by atoms with van der Waals surface area (Å²) >= 11 is 0. The van der Waals surface area contributed by atoms with E-state index in [1.54, 1.807) is 19.2 Å². The van der Waals surface area contributed by atoms with Gasteiger partial charge in [-0.1, -0.05) is 13.0 Å². The van der Waals surface area contributed by atoms with E-state index in [4.69, 9.17) is 14.2 Å². The van der Waals surface area contributed by atoms with E-state index < -0.39 is 5.97 Å². The van der Waals surface area contributed by atoms with Crippen LogP contribution in [0.15, 0.2) is 28.3 Å². The number of methoxy groups -OCH3 is 2. The number of nitrogens with zero attached hydrogens (tertiary/aromatic N) is 1. The van der Waals surface area contributed by atoms with E-state index in [-0.39, 0.29) is 5.60 Å². The lowest BCUT2D eigenvalue weighted by atomic mass is 10.1. The smallest absolute Gasteiger partial charge is 0.337 e. The van der Waals surface area contributed by atoms with Crippen LogP contribution in [0.2, 0.25) is 0 Å². The number of hydrogen-bond donors (Lipinski definition) is 0. The summed E-state index contributed by atoms with van der Waals surface area (Å²) < 4.78 is 15.8. The van der Waals surface area contributed by atoms with Gasteiger partial charge < -0.3 is 14.2 Å². The van der Waals surface area contributed by atoms with Crippen molar-refractivity contribution in [3.8, 4) is 0 Å². The Morgan fingerprint density at radius 2 is 1.81 bits per heavy atom. The van der Waals surface area contributed by atoms with Crippen molar-refractivity contribution in [2.24, 2.45) is 4.99 Å². The summed E-state index contributed by atoms with van der Waals surface area (Å²) in [6.07, 6.45) is 4.22. The molecule has 0 unspecified atom stereocenters. The number of ether oxygens (including phenoxy) is 3. The van der Waals surface area contributed by atoms with Crippen LogP contribution in [0.3, 0.4) is 0 Å². The van der Waals surface area contributed by atoms with Gasteiger partial charge >= 0.3 is 5.97 Å². The SMILES string of the molecule is CC/C=C(/C=C(/COC(C)(C)C)C(=NC)OC)C(=O)OC. The summed E-state index contributed by atoms with van der Waals surface area (Å²) in [7, 11) is 4.52. The van der Waals surface area contributed by atoms with Crippen LogP contribution < -0.4 is 0 Å². The summed E-state index contributed by atoms with van der Waals surface area (Å²) in [6, 6.07) is 0. The Hall–Kier alpha value is -1.62. The van der Waals surface area contributed by atoms with E-state index in [0.29, 0.717) is 23.7 Å². The van der Waals surface area contributed by atoms with Gasteiger partial charge in [0.25, 0.3) is 0 Å². The average molecular weight is 297 g/mol. The van der Waals surface area contributed by atoms with Gasteiger partial charge in [0.1, 0.15) is 0 Å². The van der Waals surface area contributed by atoms with E-state index in [9.17, 15) is 4.79 Å². The molecule has 0 rings (SSSR count). The Bertz CT molecular complexity index is 428. The highest BCUT2D eigenvalue weighted by atomic mass is 16.5. The lowest BCUT2D eigenvalue weighted by Gasteiger charge is -2.21. The Labute approximate surface area is 127 Å². The van der Waals surface area contributed by atoms with Gasteiger partial charge in [-0.15, -0.1) is 0 Å². The number of carbonyl (C=O) groups is 1. The van der Waals surface area contributed by atoms with Crippen molar-refractivity contribution in [2.75, 3.05) is 27.9 Å². The van der Waals surface area contributed by atoms with Crippen LogP contribution in [0, 0.1) is 0 Å². The maximum Gasteiger partial charge on any atom is 0.337 e. The number of aliphatic imine (C=N–C) groups is 1. The Morgan fingerprint density at radius 3 is 2.19 bits per heavy atom. The first kappa shape index (κ1) is 19.4. The molecule has 0 radical (unpaired) electrons. The summed E-state index contributed by atoms with van der Waals surface area (Å²) in [5.41, 5.74) is 0.858. The maximum atomic E-state index is 11.8. The average Bonchev–Trinajstić information content (AvgIpc) is 2.43. The van der Waals surface area contributed by atoms with Crippen molar-refractivity contribution in [1.82, 2.24) is 0 Å². The minimum absolute atomic E-state index is 0.294. The lowest BCUT2D eigenvalue weighted by Crippen LogP contribution is -2.23. The van der Waals surface area contributed by atoms with Crippen molar-refractivity contribution in [2.45, 2.75) is 39.7 Å². The third kappa shape index (κ3) is 7.66. The summed E-state index contributed by atoms with van der Waals surface area (Å²) in [4.78, 5) is 15.9. The molecule has 21 heavy (non-hydrogen) atoms. The van der Waals surface area contributed by atoms with E-state index in [1.807, 2.05) is 27.7 Å². The van der Waals surface area contributed by atoms with Crippen LogP contribution in [0.5, 0.6) is 0 Å². The summed E-state index contributed by atoms with van der Waals surface area (Å²) in [5, 5.41) is 0. The first-order valence-electron chi connectivity index (χ1n) is 6.93. The number of rotatable bonds is 6. The fourth-order valence-electron chi connectivity index (χ4n) is 1.55. The first-order chi connectivity index (χ1) is 9.78. The molecule has 0 amide bonds. The van der Waals surface area contributed by atoms with Crippen LogP contribution in [0.25, 0.3) is 0 Å². The zero-order valence-corrected chi connectivity index (χ0v) is 14.1. The molecule has 0 N–H and O–H groups in total. The van der Waals surface area contributed by atoms with E-state index >= 15 is 0 Å². The van der Waals surface area contributed by atoms with Gasteiger partial charge in [0, 0.05) is 12.6 Å². The molecule has 0 aromatic carbocycles. The van der Waals surface area contributed by atoms with Crippen LogP contribution in [0.4, 0.5) is 0 Å². The molecule has 0 atom stereocenters. The molecular formula is C16H27NO4. The predicted octanol–water partition coefficient (Wildman–Crippen LogP) is 2.91. The minimum Gasteiger partial charge on any atom is -0.481 e. The number of carbonyl (C=O) groups excluding carboxylic acids is 1. The molecule has 5 nitrogen and oxygen atoms in total. The van der Waals surface area contributed by atoms with Crippen molar-refractivity contribution >= 4 is 11.9 Å². The molecular weight excluding hydrogens is 270 g/mol. The molecule has 0 saturated heterocycles. The number of allylic oxidation sites excluding steroid dienone is 1. The monoisotopic (exact) mass is 297 g/mol. The van der Waals surface area contributed by atoms with Crippen molar-refractivity contribution in [3.63, 3.8) is 0 Å². The Kier molecular flexibility index (Phi) is 8.62. The highest BCUT2D eigenvalue weighted by Gasteiger charge is 2.17. The quantitative estimate of drug-likeness (QED) is 0.249. The molecule has 0 aliphatic heterocycles. The lowest BCUT2D eigenvalue weighted by molar-refractivity contribution is -0.135. The second-order valence-corrected chi connectivity index (χ2v) is 5.36. The molecule has 0 heterocycles. The molecule has 0 bridgehead atoms. The van der Waals surface area contributed by atoms with E-state index in [2.05, 4.69) is 4.99 Å². The Morgan fingerprint density at radius 1 is 1.19 bits per heavy atom. The summed E-state index contributed by atoms with van der Waals surface area (Å²) in [5.74, 6) is 0.0434. The Balaban J connectivity index is 5.49. The van der Waals surface area contributed by atoms with Gasteiger partial charge in [-0.3, -0.25) is 4.99 Å². The standard InChI is InChI=1S/C16H27NO4/c1-8-9-12(15(18)20-7)10-13(14(17-5)19-6)11-21-16(2,3)4/h9-10H,8,11H2,1-7H3/b12-9-,13-10-,17-14?. The molecule has 0 aromatic rings. The molecule has 0 aliphatic carbocycles. The van der Waals surface area contributed by atoms with Crippen LogP contribution in [-0.4, -0.2) is 45.3 Å². The predicted molar refractivity (Wildman–Crippen MR) is 84.5 cm³/mol. The molecule has 0 spiro atoms. The van der Waals surface area contributed by atoms with Gasteiger partial charge in [-0.25, -0.2) is 4.79 Å². The third-order valence-electron chi connectivity index (χ3n) is 2.51. The van der Waals surface area contributed by atoms with E-state index in [0.717, 1.165) is 6.42 Å². The van der Waals surface area contributed by atoms with Crippen LogP contribution in [-0.2, 0) is 19.0 Å². The van der Waals surface area contributed by atoms with E-state index in [1.165, 1.54) is 14.2 Å². The van der Waals surface area contributed by atoms with Gasteiger partial charge in [0.2, 0.25) is 5.90 Å². The largest absolute Gasteiger partial charge is 0.481 e. The van der Waals surface area contributed by atoms with Gasteiger partial charge in [-0.2, -0.15) is 0 Å². The third-order valence-corrected chi connectivity index (χ3v) is 2.51. The molecule has 0 saturated carbocycles. The van der Waals surface area contributed by atoms with Crippen molar-refractivity contribution < 1.29 is 19.0 Å². The highest BCUT2D eigenvalue weighted by Crippen LogP contribution is 2.14. The first-order valence-corrected chi connectivity index (χ1v) is 6.93. The summed E-state index contributed by atoms with van der Waals surface area (Å²) in [6.45, 7) is 8.13. The highest BCUT2D eigenvalue weighted by molar-refractivity contribution is 5.98. The molecule has 120 valence electrons. The van der Waals surface area contributed by atoms with Crippen molar-refractivity contribution in [3.05, 3.63) is 23.3 Å². The molecule has 0 aliphatic rings. The van der Waals surface area contributed by atoms with Crippen LogP contribution in [0.1, 0.15) is 34.1 Å². The second kappa shape index (κ2) is 9.34. The van der Waals surface area contributed by atoms with Gasteiger partial charge in [0.05, 0.1) is 32.0 Å². The normalized spacial score (nSPS) is 14.1. The minimum atomic E-state index is -0.392.